The Morgan fingerprint density at radius 2 is 2.06 bits per heavy atom. The van der Waals surface area contributed by atoms with E-state index in [-0.39, 0.29) is 18.6 Å². The van der Waals surface area contributed by atoms with Crippen molar-refractivity contribution in [3.63, 3.8) is 0 Å². The van der Waals surface area contributed by atoms with Crippen molar-refractivity contribution in [3.05, 3.63) is 29.6 Å². The fourth-order valence-corrected chi connectivity index (χ4v) is 1.74. The molecular formula is C13H22N2O. The molecule has 2 N–H and O–H groups in total. The Balaban J connectivity index is 2.65. The van der Waals surface area contributed by atoms with Gasteiger partial charge >= 0.3 is 0 Å². The number of aryl methyl sites for hydroxylation is 1. The van der Waals surface area contributed by atoms with Crippen LogP contribution in [0, 0.1) is 12.8 Å². The molecule has 90 valence electrons. The van der Waals surface area contributed by atoms with Crippen molar-refractivity contribution in [2.75, 3.05) is 6.61 Å². The number of aliphatic hydroxyl groups is 1. The Hall–Kier alpha value is -0.930. The van der Waals surface area contributed by atoms with E-state index in [1.165, 1.54) is 11.1 Å². The molecule has 0 amide bonds. The minimum absolute atomic E-state index is 0.215. The second kappa shape index (κ2) is 5.97. The molecule has 3 heteroatoms. The van der Waals surface area contributed by atoms with Crippen molar-refractivity contribution >= 4 is 0 Å². The maximum atomic E-state index is 9.09. The molecule has 1 aromatic heterocycles. The van der Waals surface area contributed by atoms with Crippen LogP contribution in [0.15, 0.2) is 18.5 Å². The van der Waals surface area contributed by atoms with Crippen LogP contribution >= 0.6 is 0 Å². The van der Waals surface area contributed by atoms with E-state index in [2.05, 4.69) is 31.1 Å². The van der Waals surface area contributed by atoms with Gasteiger partial charge in [-0.25, -0.2) is 0 Å². The van der Waals surface area contributed by atoms with Crippen LogP contribution in [0.5, 0.6) is 0 Å². The number of aliphatic hydroxyl groups excluding tert-OH is 1. The zero-order valence-electron chi connectivity index (χ0n) is 10.6. The van der Waals surface area contributed by atoms with E-state index in [4.69, 9.17) is 5.11 Å². The van der Waals surface area contributed by atoms with Gasteiger partial charge in [0.05, 0.1) is 0 Å². The maximum Gasteiger partial charge on any atom is 0.0471 e. The molecule has 0 aliphatic carbocycles. The third kappa shape index (κ3) is 3.29. The molecular weight excluding hydrogens is 200 g/mol. The molecule has 0 saturated carbocycles. The van der Waals surface area contributed by atoms with Gasteiger partial charge in [0, 0.05) is 31.1 Å². The van der Waals surface area contributed by atoms with E-state index in [1.807, 2.05) is 25.4 Å². The van der Waals surface area contributed by atoms with Crippen LogP contribution in [0.1, 0.15) is 37.9 Å². The predicted molar refractivity (Wildman–Crippen MR) is 66.2 cm³/mol. The van der Waals surface area contributed by atoms with Gasteiger partial charge in [-0.15, -0.1) is 0 Å². The summed E-state index contributed by atoms with van der Waals surface area (Å²) in [4.78, 5) is 4.15. The molecule has 3 unspecified atom stereocenters. The fourth-order valence-electron chi connectivity index (χ4n) is 1.74. The standard InChI is InChI=1S/C13H22N2O/c1-9-5-6-14-7-13(9)12(4)15-11(3)10(2)8-16/h5-7,10-12,15-16H,8H2,1-4H3. The first-order valence-corrected chi connectivity index (χ1v) is 5.83. The Morgan fingerprint density at radius 3 is 2.62 bits per heavy atom. The van der Waals surface area contributed by atoms with Gasteiger partial charge in [0.25, 0.3) is 0 Å². The van der Waals surface area contributed by atoms with Crippen LogP contribution in [-0.4, -0.2) is 22.7 Å². The van der Waals surface area contributed by atoms with Crippen LogP contribution in [0.25, 0.3) is 0 Å². The maximum absolute atomic E-state index is 9.09. The van der Waals surface area contributed by atoms with E-state index in [0.717, 1.165) is 0 Å². The van der Waals surface area contributed by atoms with E-state index < -0.39 is 0 Å². The molecule has 0 spiro atoms. The Bertz CT molecular complexity index is 327. The predicted octanol–water partition coefficient (Wildman–Crippen LogP) is 2.06. The van der Waals surface area contributed by atoms with Crippen molar-refractivity contribution in [3.8, 4) is 0 Å². The summed E-state index contributed by atoms with van der Waals surface area (Å²) in [6, 6.07) is 2.57. The topological polar surface area (TPSA) is 45.2 Å². The minimum Gasteiger partial charge on any atom is -0.396 e. The molecule has 1 rings (SSSR count). The highest BCUT2D eigenvalue weighted by atomic mass is 16.3. The van der Waals surface area contributed by atoms with Crippen molar-refractivity contribution < 1.29 is 5.11 Å². The highest BCUT2D eigenvalue weighted by molar-refractivity contribution is 5.24. The highest BCUT2D eigenvalue weighted by Gasteiger charge is 2.15. The SMILES string of the molecule is Cc1ccncc1C(C)NC(C)C(C)CO. The van der Waals surface area contributed by atoms with Gasteiger partial charge in [0.2, 0.25) is 0 Å². The molecule has 0 fully saturated rings. The lowest BCUT2D eigenvalue weighted by Crippen LogP contribution is -2.35. The zero-order chi connectivity index (χ0) is 12.1. The first-order chi connectivity index (χ1) is 7.56. The molecule has 0 saturated heterocycles. The van der Waals surface area contributed by atoms with Crippen LogP contribution in [0.2, 0.25) is 0 Å². The average molecular weight is 222 g/mol. The summed E-state index contributed by atoms with van der Waals surface area (Å²) >= 11 is 0. The largest absolute Gasteiger partial charge is 0.396 e. The molecule has 0 bridgehead atoms. The quantitative estimate of drug-likeness (QED) is 0.801. The molecule has 1 heterocycles. The molecule has 3 nitrogen and oxygen atoms in total. The van der Waals surface area contributed by atoms with E-state index in [9.17, 15) is 0 Å². The normalized spacial score (nSPS) is 16.8. The summed E-state index contributed by atoms with van der Waals surface area (Å²) in [5.74, 6) is 0.263. The summed E-state index contributed by atoms with van der Waals surface area (Å²) in [6.45, 7) is 8.58. The monoisotopic (exact) mass is 222 g/mol. The Labute approximate surface area is 97.9 Å². The number of nitrogens with one attached hydrogen (secondary N) is 1. The van der Waals surface area contributed by atoms with Crippen LogP contribution in [0.4, 0.5) is 0 Å². The second-order valence-corrected chi connectivity index (χ2v) is 4.57. The van der Waals surface area contributed by atoms with Crippen LogP contribution < -0.4 is 5.32 Å². The third-order valence-corrected chi connectivity index (χ3v) is 3.20. The molecule has 0 aromatic carbocycles. The minimum atomic E-state index is 0.215. The van der Waals surface area contributed by atoms with Gasteiger partial charge < -0.3 is 10.4 Å². The molecule has 3 atom stereocenters. The van der Waals surface area contributed by atoms with E-state index in [0.29, 0.717) is 6.04 Å². The molecule has 1 aromatic rings. The lowest BCUT2D eigenvalue weighted by Gasteiger charge is -2.25. The number of hydrogen-bond acceptors (Lipinski definition) is 3. The first kappa shape index (κ1) is 13.1. The average Bonchev–Trinajstić information content (AvgIpc) is 2.28. The summed E-state index contributed by atoms with van der Waals surface area (Å²) < 4.78 is 0. The number of nitrogens with zero attached hydrogens (tertiary/aromatic N) is 1. The number of aromatic nitrogens is 1. The summed E-state index contributed by atoms with van der Waals surface area (Å²) in [7, 11) is 0. The van der Waals surface area contributed by atoms with Gasteiger partial charge in [-0.2, -0.15) is 0 Å². The number of pyridine rings is 1. The molecule has 0 aliphatic rings. The number of rotatable bonds is 5. The van der Waals surface area contributed by atoms with Gasteiger partial charge in [-0.1, -0.05) is 6.92 Å². The molecule has 0 radical (unpaired) electrons. The lowest BCUT2D eigenvalue weighted by molar-refractivity contribution is 0.202. The first-order valence-electron chi connectivity index (χ1n) is 5.83. The third-order valence-electron chi connectivity index (χ3n) is 3.20. The number of hydrogen-bond donors (Lipinski definition) is 2. The van der Waals surface area contributed by atoms with Gasteiger partial charge in [-0.05, 0) is 43.9 Å². The van der Waals surface area contributed by atoms with Gasteiger partial charge in [-0.3, -0.25) is 4.98 Å². The summed E-state index contributed by atoms with van der Waals surface area (Å²) in [5.41, 5.74) is 2.47. The summed E-state index contributed by atoms with van der Waals surface area (Å²) in [5, 5.41) is 12.6. The lowest BCUT2D eigenvalue weighted by atomic mass is 10.0. The van der Waals surface area contributed by atoms with Gasteiger partial charge in [0.1, 0.15) is 0 Å². The summed E-state index contributed by atoms with van der Waals surface area (Å²) in [6.07, 6.45) is 3.72. The highest BCUT2D eigenvalue weighted by Crippen LogP contribution is 2.17. The molecule has 16 heavy (non-hydrogen) atoms. The van der Waals surface area contributed by atoms with Gasteiger partial charge in [0.15, 0.2) is 0 Å². The molecule has 0 aliphatic heterocycles. The van der Waals surface area contributed by atoms with Crippen molar-refractivity contribution in [2.45, 2.75) is 39.8 Å². The zero-order valence-corrected chi connectivity index (χ0v) is 10.6. The van der Waals surface area contributed by atoms with Crippen LogP contribution in [-0.2, 0) is 0 Å². The van der Waals surface area contributed by atoms with E-state index >= 15 is 0 Å². The van der Waals surface area contributed by atoms with E-state index in [1.54, 1.807) is 0 Å². The Morgan fingerprint density at radius 1 is 1.38 bits per heavy atom. The second-order valence-electron chi connectivity index (χ2n) is 4.57. The Kier molecular flexibility index (Phi) is 4.90. The smallest absolute Gasteiger partial charge is 0.0471 e. The fraction of sp³-hybridized carbons (Fsp3) is 0.615. The van der Waals surface area contributed by atoms with Crippen molar-refractivity contribution in [1.82, 2.24) is 10.3 Å². The van der Waals surface area contributed by atoms with Crippen molar-refractivity contribution in [2.24, 2.45) is 5.92 Å². The van der Waals surface area contributed by atoms with Crippen molar-refractivity contribution in [1.29, 1.82) is 0 Å². The van der Waals surface area contributed by atoms with Crippen LogP contribution in [0.3, 0.4) is 0 Å².